The van der Waals surface area contributed by atoms with E-state index in [0.717, 1.165) is 24.4 Å². The minimum atomic E-state index is 0.0343. The Morgan fingerprint density at radius 2 is 1.89 bits per heavy atom. The van der Waals surface area contributed by atoms with E-state index in [1.54, 1.807) is 6.07 Å². The highest BCUT2D eigenvalue weighted by molar-refractivity contribution is 5.50. The van der Waals surface area contributed by atoms with E-state index in [0.29, 0.717) is 12.0 Å². The maximum atomic E-state index is 10.1. The standard InChI is InChI=1S/C16H21NO2/c18-15-6-3-10-9-14-11(8-13(10)16(15)19)2-1-7-17(14)12-4-5-12/h3,6,11-12,14,18-19H,1-2,4-5,7-9H2/t11-,14?/m1/s1. The molecule has 1 unspecified atom stereocenters. The largest absolute Gasteiger partial charge is 0.504 e. The van der Waals surface area contributed by atoms with E-state index in [2.05, 4.69) is 4.90 Å². The van der Waals surface area contributed by atoms with Crippen molar-refractivity contribution in [2.75, 3.05) is 6.54 Å². The number of rotatable bonds is 1. The fourth-order valence-corrected chi connectivity index (χ4v) is 4.12. The molecule has 1 saturated heterocycles. The number of aromatic hydroxyl groups is 2. The summed E-state index contributed by atoms with van der Waals surface area (Å²) in [6, 6.07) is 5.14. The van der Waals surface area contributed by atoms with Gasteiger partial charge in [-0.1, -0.05) is 6.07 Å². The van der Waals surface area contributed by atoms with Gasteiger partial charge in [-0.25, -0.2) is 0 Å². The minimum absolute atomic E-state index is 0.0343. The average Bonchev–Trinajstić information content (AvgIpc) is 3.25. The topological polar surface area (TPSA) is 43.7 Å². The second-order valence-electron chi connectivity index (χ2n) is 6.42. The number of phenolic OH excluding ortho intramolecular Hbond substituents is 2. The van der Waals surface area contributed by atoms with Gasteiger partial charge in [-0.2, -0.15) is 0 Å². The predicted molar refractivity (Wildman–Crippen MR) is 73.4 cm³/mol. The van der Waals surface area contributed by atoms with E-state index in [1.807, 2.05) is 6.07 Å². The SMILES string of the molecule is Oc1ccc2c(c1O)C[C@H]1CCCN(C3CC3)C1C2. The van der Waals surface area contributed by atoms with Gasteiger partial charge in [0.1, 0.15) is 0 Å². The van der Waals surface area contributed by atoms with Crippen LogP contribution < -0.4 is 0 Å². The van der Waals surface area contributed by atoms with Crippen molar-refractivity contribution in [3.8, 4) is 11.5 Å². The maximum Gasteiger partial charge on any atom is 0.160 e. The van der Waals surface area contributed by atoms with Crippen LogP contribution in [-0.2, 0) is 12.8 Å². The fraction of sp³-hybridized carbons (Fsp3) is 0.625. The first kappa shape index (κ1) is 11.6. The summed E-state index contributed by atoms with van der Waals surface area (Å²) in [7, 11) is 0. The number of fused-ring (bicyclic) bond motifs is 2. The molecule has 0 amide bonds. The lowest BCUT2D eigenvalue weighted by molar-refractivity contribution is 0.0773. The number of piperidine rings is 1. The Morgan fingerprint density at radius 3 is 2.68 bits per heavy atom. The highest BCUT2D eigenvalue weighted by atomic mass is 16.3. The Bertz CT molecular complexity index is 510. The van der Waals surface area contributed by atoms with E-state index < -0.39 is 0 Å². The van der Waals surface area contributed by atoms with Gasteiger partial charge < -0.3 is 10.2 Å². The minimum Gasteiger partial charge on any atom is -0.504 e. The van der Waals surface area contributed by atoms with Crippen molar-refractivity contribution in [2.24, 2.45) is 5.92 Å². The summed E-state index contributed by atoms with van der Waals surface area (Å²) in [6.45, 7) is 1.26. The Labute approximate surface area is 113 Å². The number of phenols is 2. The van der Waals surface area contributed by atoms with Crippen molar-refractivity contribution in [2.45, 2.75) is 50.6 Å². The molecule has 1 aliphatic heterocycles. The van der Waals surface area contributed by atoms with Gasteiger partial charge in [0.2, 0.25) is 0 Å². The molecule has 0 radical (unpaired) electrons. The summed E-state index contributed by atoms with van der Waals surface area (Å²) < 4.78 is 0. The van der Waals surface area contributed by atoms with Gasteiger partial charge in [0.15, 0.2) is 11.5 Å². The molecule has 0 aromatic heterocycles. The molecule has 3 nitrogen and oxygen atoms in total. The van der Waals surface area contributed by atoms with Gasteiger partial charge >= 0.3 is 0 Å². The first-order valence-corrected chi connectivity index (χ1v) is 7.52. The third-order valence-electron chi connectivity index (χ3n) is 5.23. The average molecular weight is 259 g/mol. The first-order chi connectivity index (χ1) is 9.24. The predicted octanol–water partition coefficient (Wildman–Crippen LogP) is 2.44. The van der Waals surface area contributed by atoms with E-state index in [4.69, 9.17) is 0 Å². The Balaban J connectivity index is 1.69. The Kier molecular flexibility index (Phi) is 2.52. The third kappa shape index (κ3) is 1.83. The summed E-state index contributed by atoms with van der Waals surface area (Å²) in [6.07, 6.45) is 7.27. The van der Waals surface area contributed by atoms with Crippen LogP contribution in [0.5, 0.6) is 11.5 Å². The monoisotopic (exact) mass is 259 g/mol. The van der Waals surface area contributed by atoms with Gasteiger partial charge in [-0.05, 0) is 62.6 Å². The molecule has 1 aromatic rings. The second kappa shape index (κ2) is 4.14. The number of hydrogen-bond donors (Lipinski definition) is 2. The van der Waals surface area contributed by atoms with Crippen molar-refractivity contribution >= 4 is 0 Å². The number of likely N-dealkylation sites (tertiary alicyclic amines) is 1. The molecule has 1 aromatic carbocycles. The molecule has 2 atom stereocenters. The van der Waals surface area contributed by atoms with E-state index in [1.165, 1.54) is 37.8 Å². The van der Waals surface area contributed by atoms with Gasteiger partial charge in [0, 0.05) is 17.6 Å². The molecule has 0 bridgehead atoms. The number of nitrogens with zero attached hydrogens (tertiary/aromatic N) is 1. The molecule has 2 fully saturated rings. The van der Waals surface area contributed by atoms with Gasteiger partial charge in [0.05, 0.1) is 0 Å². The van der Waals surface area contributed by atoms with Gasteiger partial charge in [-0.15, -0.1) is 0 Å². The molecule has 19 heavy (non-hydrogen) atoms. The summed E-state index contributed by atoms with van der Waals surface area (Å²) >= 11 is 0. The summed E-state index contributed by atoms with van der Waals surface area (Å²) in [5.41, 5.74) is 2.24. The highest BCUT2D eigenvalue weighted by Crippen LogP contribution is 2.44. The zero-order valence-electron chi connectivity index (χ0n) is 11.2. The fourth-order valence-electron chi connectivity index (χ4n) is 4.12. The zero-order chi connectivity index (χ0) is 13.0. The van der Waals surface area contributed by atoms with Crippen LogP contribution in [0.25, 0.3) is 0 Å². The third-order valence-corrected chi connectivity index (χ3v) is 5.23. The van der Waals surface area contributed by atoms with E-state index >= 15 is 0 Å². The molecule has 4 rings (SSSR count). The Hall–Kier alpha value is -1.22. The molecule has 3 aliphatic rings. The van der Waals surface area contributed by atoms with E-state index in [-0.39, 0.29) is 11.5 Å². The van der Waals surface area contributed by atoms with Crippen LogP contribution in [0.2, 0.25) is 0 Å². The molecule has 0 spiro atoms. The quantitative estimate of drug-likeness (QED) is 0.761. The van der Waals surface area contributed by atoms with Gasteiger partial charge in [0.25, 0.3) is 0 Å². The molecule has 102 valence electrons. The number of hydrogen-bond acceptors (Lipinski definition) is 3. The van der Waals surface area contributed by atoms with Crippen LogP contribution in [-0.4, -0.2) is 33.7 Å². The Morgan fingerprint density at radius 1 is 1.05 bits per heavy atom. The normalized spacial score (nSPS) is 30.7. The van der Waals surface area contributed by atoms with Crippen LogP contribution in [0.4, 0.5) is 0 Å². The van der Waals surface area contributed by atoms with Crippen LogP contribution in [0.1, 0.15) is 36.8 Å². The van der Waals surface area contributed by atoms with Crippen molar-refractivity contribution < 1.29 is 10.2 Å². The van der Waals surface area contributed by atoms with Crippen molar-refractivity contribution in [1.82, 2.24) is 4.90 Å². The molecule has 1 heterocycles. The van der Waals surface area contributed by atoms with Crippen LogP contribution >= 0.6 is 0 Å². The highest BCUT2D eigenvalue weighted by Gasteiger charge is 2.42. The van der Waals surface area contributed by atoms with Crippen molar-refractivity contribution in [3.63, 3.8) is 0 Å². The summed E-state index contributed by atoms with van der Waals surface area (Å²) in [5, 5.41) is 19.7. The lowest BCUT2D eigenvalue weighted by atomic mass is 9.75. The van der Waals surface area contributed by atoms with Crippen LogP contribution in [0.15, 0.2) is 12.1 Å². The smallest absolute Gasteiger partial charge is 0.160 e. The number of benzene rings is 1. The maximum absolute atomic E-state index is 10.1. The molecule has 2 N–H and O–H groups in total. The van der Waals surface area contributed by atoms with Crippen molar-refractivity contribution in [1.29, 1.82) is 0 Å². The molecular weight excluding hydrogens is 238 g/mol. The van der Waals surface area contributed by atoms with Gasteiger partial charge in [-0.3, -0.25) is 4.90 Å². The molecular formula is C16H21NO2. The lowest BCUT2D eigenvalue weighted by Crippen LogP contribution is -2.50. The summed E-state index contributed by atoms with van der Waals surface area (Å²) in [5.74, 6) is 0.820. The van der Waals surface area contributed by atoms with Crippen LogP contribution in [0, 0.1) is 5.92 Å². The van der Waals surface area contributed by atoms with Crippen molar-refractivity contribution in [3.05, 3.63) is 23.3 Å². The lowest BCUT2D eigenvalue weighted by Gasteiger charge is -2.45. The van der Waals surface area contributed by atoms with E-state index in [9.17, 15) is 10.2 Å². The molecule has 2 aliphatic carbocycles. The second-order valence-corrected chi connectivity index (χ2v) is 6.42. The zero-order valence-corrected chi connectivity index (χ0v) is 11.2. The first-order valence-electron chi connectivity index (χ1n) is 7.52. The molecule has 1 saturated carbocycles. The van der Waals surface area contributed by atoms with Crippen LogP contribution in [0.3, 0.4) is 0 Å². The molecule has 3 heteroatoms. The summed E-state index contributed by atoms with van der Waals surface area (Å²) in [4.78, 5) is 2.72.